The molecule has 0 atom stereocenters. The number of anilines is 1. The molecule has 0 aliphatic rings. The van der Waals surface area contributed by atoms with Gasteiger partial charge < -0.3 is 10.6 Å². The highest BCUT2D eigenvalue weighted by atomic mass is 35.5. The van der Waals surface area contributed by atoms with Crippen molar-refractivity contribution in [1.29, 1.82) is 0 Å². The molecule has 0 saturated carbocycles. The second kappa shape index (κ2) is 9.00. The molecule has 3 aromatic rings. The molecule has 0 saturated heterocycles. The van der Waals surface area contributed by atoms with Gasteiger partial charge in [-0.1, -0.05) is 41.9 Å². The summed E-state index contributed by atoms with van der Waals surface area (Å²) in [6.45, 7) is 1.40. The van der Waals surface area contributed by atoms with E-state index in [2.05, 4.69) is 15.7 Å². The fourth-order valence-corrected chi connectivity index (χ4v) is 3.06. The van der Waals surface area contributed by atoms with Crippen molar-refractivity contribution >= 4 is 29.1 Å². The van der Waals surface area contributed by atoms with Crippen LogP contribution in [0.1, 0.15) is 21.6 Å². The van der Waals surface area contributed by atoms with E-state index in [4.69, 9.17) is 11.6 Å². The Morgan fingerprint density at radius 2 is 1.77 bits per heavy atom. The summed E-state index contributed by atoms with van der Waals surface area (Å²) in [4.78, 5) is 24.4. The molecule has 0 bridgehead atoms. The van der Waals surface area contributed by atoms with E-state index in [9.17, 15) is 22.8 Å². The Morgan fingerprint density at radius 3 is 2.47 bits per heavy atom. The summed E-state index contributed by atoms with van der Waals surface area (Å²) in [5.74, 6) is -6.10. The number of hydrogen-bond donors (Lipinski definition) is 2. The molecule has 10 heteroatoms. The molecule has 1 aromatic heterocycles. The zero-order chi connectivity index (χ0) is 21.8. The molecule has 156 valence electrons. The van der Waals surface area contributed by atoms with Gasteiger partial charge in [0, 0.05) is 0 Å². The minimum Gasteiger partial charge on any atom is -0.343 e. The summed E-state index contributed by atoms with van der Waals surface area (Å²) in [5.41, 5.74) is 0.847. The topological polar surface area (TPSA) is 76.0 Å². The van der Waals surface area contributed by atoms with E-state index >= 15 is 0 Å². The lowest BCUT2D eigenvalue weighted by atomic mass is 10.2. The molecule has 6 nitrogen and oxygen atoms in total. The highest BCUT2D eigenvalue weighted by molar-refractivity contribution is 6.33. The van der Waals surface area contributed by atoms with E-state index in [1.165, 1.54) is 4.68 Å². The maximum Gasteiger partial charge on any atom is 0.256 e. The number of carbonyl (C=O) groups excluding carboxylic acids is 2. The third kappa shape index (κ3) is 4.62. The van der Waals surface area contributed by atoms with Crippen LogP contribution < -0.4 is 10.6 Å². The van der Waals surface area contributed by atoms with Crippen LogP contribution in [0.15, 0.2) is 42.5 Å². The fourth-order valence-electron chi connectivity index (χ4n) is 2.74. The molecule has 0 aliphatic carbocycles. The smallest absolute Gasteiger partial charge is 0.256 e. The molecule has 30 heavy (non-hydrogen) atoms. The van der Waals surface area contributed by atoms with Gasteiger partial charge in [-0.05, 0) is 24.6 Å². The first kappa shape index (κ1) is 21.4. The van der Waals surface area contributed by atoms with Crippen LogP contribution in [0.4, 0.5) is 18.9 Å². The van der Waals surface area contributed by atoms with Crippen molar-refractivity contribution in [3.05, 3.63) is 81.9 Å². The molecule has 3 rings (SSSR count). The van der Waals surface area contributed by atoms with Crippen LogP contribution in [0.3, 0.4) is 0 Å². The van der Waals surface area contributed by atoms with Crippen molar-refractivity contribution < 1.29 is 22.8 Å². The van der Waals surface area contributed by atoms with Gasteiger partial charge in [0.05, 0.1) is 30.0 Å². The zero-order valence-corrected chi connectivity index (χ0v) is 16.4. The van der Waals surface area contributed by atoms with Crippen LogP contribution in [0, 0.1) is 24.4 Å². The monoisotopic (exact) mass is 436 g/mol. The molecule has 2 amide bonds. The highest BCUT2D eigenvalue weighted by Crippen LogP contribution is 2.21. The Hall–Kier alpha value is -3.33. The van der Waals surface area contributed by atoms with Crippen molar-refractivity contribution in [2.24, 2.45) is 0 Å². The number of aromatic nitrogens is 2. The van der Waals surface area contributed by atoms with Gasteiger partial charge in [0.1, 0.15) is 5.15 Å². The SMILES string of the molecule is Cc1nn(Cc2ccccc2)c(Cl)c1C(=O)NCC(=O)Nc1ccc(F)c(F)c1F. The number of halogens is 4. The number of nitrogens with zero attached hydrogens (tertiary/aromatic N) is 2. The fraction of sp³-hybridized carbons (Fsp3) is 0.150. The van der Waals surface area contributed by atoms with Crippen LogP contribution in [-0.4, -0.2) is 28.1 Å². The van der Waals surface area contributed by atoms with Gasteiger partial charge in [-0.3, -0.25) is 9.59 Å². The summed E-state index contributed by atoms with van der Waals surface area (Å²) in [6, 6.07) is 10.9. The molecule has 1 heterocycles. The van der Waals surface area contributed by atoms with Gasteiger partial charge in [0.15, 0.2) is 17.5 Å². The standard InChI is InChI=1S/C20H16ClF3N4O2/c1-11-16(19(21)28(27-11)10-12-5-3-2-4-6-12)20(30)25-9-15(29)26-14-8-7-13(22)17(23)18(14)24/h2-8H,9-10H2,1H3,(H,25,30)(H,26,29). The van der Waals surface area contributed by atoms with Crippen molar-refractivity contribution in [2.75, 3.05) is 11.9 Å². The minimum atomic E-state index is -1.70. The van der Waals surface area contributed by atoms with E-state index < -0.39 is 41.5 Å². The lowest BCUT2D eigenvalue weighted by molar-refractivity contribution is -0.115. The molecular formula is C20H16ClF3N4O2. The van der Waals surface area contributed by atoms with Gasteiger partial charge >= 0.3 is 0 Å². The molecule has 0 unspecified atom stereocenters. The molecule has 2 aromatic carbocycles. The maximum absolute atomic E-state index is 13.6. The lowest BCUT2D eigenvalue weighted by Gasteiger charge is -2.09. The number of hydrogen-bond acceptors (Lipinski definition) is 3. The van der Waals surface area contributed by atoms with Crippen molar-refractivity contribution in [2.45, 2.75) is 13.5 Å². The molecule has 0 radical (unpaired) electrons. The Morgan fingerprint density at radius 1 is 1.07 bits per heavy atom. The Balaban J connectivity index is 1.65. The molecular weight excluding hydrogens is 421 g/mol. The van der Waals surface area contributed by atoms with E-state index in [0.717, 1.165) is 11.6 Å². The number of rotatable bonds is 6. The molecule has 0 fully saturated rings. The van der Waals surface area contributed by atoms with Gasteiger partial charge in [0.2, 0.25) is 5.91 Å². The Kier molecular flexibility index (Phi) is 6.41. The number of carbonyl (C=O) groups is 2. The average molecular weight is 437 g/mol. The molecule has 0 spiro atoms. The van der Waals surface area contributed by atoms with Crippen LogP contribution in [0.25, 0.3) is 0 Å². The highest BCUT2D eigenvalue weighted by Gasteiger charge is 2.21. The predicted octanol–water partition coefficient (Wildman–Crippen LogP) is 3.68. The summed E-state index contributed by atoms with van der Waals surface area (Å²) >= 11 is 6.28. The number of aryl methyl sites for hydroxylation is 1. The first-order chi connectivity index (χ1) is 14.3. The van der Waals surface area contributed by atoms with E-state index in [0.29, 0.717) is 18.3 Å². The number of amides is 2. The average Bonchev–Trinajstić information content (AvgIpc) is 3.00. The maximum atomic E-state index is 13.6. The first-order valence-corrected chi connectivity index (χ1v) is 9.14. The summed E-state index contributed by atoms with van der Waals surface area (Å²) in [5, 5.41) is 8.75. The third-order valence-electron chi connectivity index (χ3n) is 4.19. The lowest BCUT2D eigenvalue weighted by Crippen LogP contribution is -2.33. The van der Waals surface area contributed by atoms with Gasteiger partial charge in [0.25, 0.3) is 5.91 Å². The number of benzene rings is 2. The summed E-state index contributed by atoms with van der Waals surface area (Å²) < 4.78 is 41.3. The van der Waals surface area contributed by atoms with Gasteiger partial charge in [-0.25, -0.2) is 17.9 Å². The second-order valence-corrected chi connectivity index (χ2v) is 6.71. The second-order valence-electron chi connectivity index (χ2n) is 6.35. The van der Waals surface area contributed by atoms with Crippen LogP contribution in [-0.2, 0) is 11.3 Å². The Bertz CT molecular complexity index is 1100. The van der Waals surface area contributed by atoms with Crippen LogP contribution >= 0.6 is 11.6 Å². The van der Waals surface area contributed by atoms with Crippen molar-refractivity contribution in [3.8, 4) is 0 Å². The summed E-state index contributed by atoms with van der Waals surface area (Å²) in [7, 11) is 0. The van der Waals surface area contributed by atoms with Gasteiger partial charge in [-0.15, -0.1) is 0 Å². The Labute approximate surface area is 174 Å². The summed E-state index contributed by atoms with van der Waals surface area (Å²) in [6.07, 6.45) is 0. The van der Waals surface area contributed by atoms with Crippen LogP contribution in [0.2, 0.25) is 5.15 Å². The van der Waals surface area contributed by atoms with E-state index in [1.807, 2.05) is 30.3 Å². The van der Waals surface area contributed by atoms with Crippen molar-refractivity contribution in [1.82, 2.24) is 15.1 Å². The normalized spacial score (nSPS) is 10.7. The first-order valence-electron chi connectivity index (χ1n) is 8.76. The number of nitrogens with one attached hydrogen (secondary N) is 2. The zero-order valence-electron chi connectivity index (χ0n) is 15.7. The molecule has 2 N–H and O–H groups in total. The van der Waals surface area contributed by atoms with E-state index in [-0.39, 0.29) is 10.7 Å². The van der Waals surface area contributed by atoms with E-state index in [1.54, 1.807) is 6.92 Å². The third-order valence-corrected chi connectivity index (χ3v) is 4.57. The largest absolute Gasteiger partial charge is 0.343 e. The molecule has 0 aliphatic heterocycles. The van der Waals surface area contributed by atoms with Crippen molar-refractivity contribution in [3.63, 3.8) is 0 Å². The minimum absolute atomic E-state index is 0.0967. The quantitative estimate of drug-likeness (QED) is 0.579. The van der Waals surface area contributed by atoms with Crippen LogP contribution in [0.5, 0.6) is 0 Å². The van der Waals surface area contributed by atoms with Gasteiger partial charge in [-0.2, -0.15) is 5.10 Å². The predicted molar refractivity (Wildman–Crippen MR) is 105 cm³/mol.